The first kappa shape index (κ1) is 7.11. The first-order valence-corrected chi connectivity index (χ1v) is 2.90. The lowest BCUT2D eigenvalue weighted by Crippen LogP contribution is -1.72. The van der Waals surface area contributed by atoms with Gasteiger partial charge in [-0.05, 0) is 12.0 Å². The highest BCUT2D eigenvalue weighted by Gasteiger charge is 1.92. The Kier molecular flexibility index (Phi) is 2.09. The number of nitriles is 1. The zero-order chi connectivity index (χ0) is 8.10. The number of aldehydes is 1. The fourth-order valence-corrected chi connectivity index (χ4v) is 0.652. The summed E-state index contributed by atoms with van der Waals surface area (Å²) in [6, 6.07) is 3.26. The van der Waals surface area contributed by atoms with Crippen LogP contribution in [0.3, 0.4) is 0 Å². The number of nitrogens with zero attached hydrogens (tertiary/aromatic N) is 1. The highest BCUT2D eigenvalue weighted by Crippen LogP contribution is 1.97. The van der Waals surface area contributed by atoms with Crippen LogP contribution in [-0.2, 0) is 0 Å². The van der Waals surface area contributed by atoms with Gasteiger partial charge in [0.1, 0.15) is 0 Å². The van der Waals surface area contributed by atoms with Crippen molar-refractivity contribution in [1.29, 1.82) is 5.26 Å². The third-order valence-corrected chi connectivity index (χ3v) is 1.10. The highest BCUT2D eigenvalue weighted by atomic mass is 16.1. The molecule has 0 saturated carbocycles. The summed E-state index contributed by atoms with van der Waals surface area (Å²) in [5, 5.41) is 8.09. The van der Waals surface area contributed by atoms with E-state index in [1.54, 1.807) is 18.3 Å². The molecular formula is C8H4N2O. The normalized spacial score (nSPS) is 7.55. The van der Waals surface area contributed by atoms with Crippen LogP contribution < -0.4 is 0 Å². The molecule has 3 nitrogen and oxygen atoms in total. The molecule has 0 aromatic carbocycles. The molecule has 52 valence electrons. The first-order chi connectivity index (χ1) is 5.36. The van der Waals surface area contributed by atoms with Gasteiger partial charge in [-0.2, -0.15) is 5.26 Å². The van der Waals surface area contributed by atoms with Crippen molar-refractivity contribution in [3.8, 4) is 17.9 Å². The zero-order valence-corrected chi connectivity index (χ0v) is 5.59. The van der Waals surface area contributed by atoms with Gasteiger partial charge < -0.3 is 4.98 Å². The molecule has 0 unspecified atom stereocenters. The van der Waals surface area contributed by atoms with E-state index in [-0.39, 0.29) is 0 Å². The van der Waals surface area contributed by atoms with Crippen LogP contribution in [0.15, 0.2) is 12.3 Å². The van der Waals surface area contributed by atoms with Crippen molar-refractivity contribution in [1.82, 2.24) is 4.98 Å². The Labute approximate surface area is 63.7 Å². The third-order valence-electron chi connectivity index (χ3n) is 1.10. The third kappa shape index (κ3) is 1.70. The molecule has 1 aromatic heterocycles. The Hall–Kier alpha value is -2.00. The lowest BCUT2D eigenvalue weighted by atomic mass is 10.3. The molecule has 0 spiro atoms. The smallest absolute Gasteiger partial charge is 0.166 e. The predicted octanol–water partition coefficient (Wildman–Crippen LogP) is 0.702. The predicted molar refractivity (Wildman–Crippen MR) is 38.7 cm³/mol. The summed E-state index contributed by atoms with van der Waals surface area (Å²) in [5.41, 5.74) is 1.11. The SMILES string of the molecule is N#CC#Cc1c[nH]c(C=O)c1. The quantitative estimate of drug-likeness (QED) is 0.466. The van der Waals surface area contributed by atoms with E-state index < -0.39 is 0 Å². The summed E-state index contributed by atoms with van der Waals surface area (Å²) in [5.74, 6) is 4.77. The summed E-state index contributed by atoms with van der Waals surface area (Å²) < 4.78 is 0. The standard InChI is InChI=1S/C8H4N2O/c9-3-1-2-7-4-8(6-11)10-5-7/h4-6,10H. The van der Waals surface area contributed by atoms with Crippen LogP contribution in [0.5, 0.6) is 0 Å². The Morgan fingerprint density at radius 1 is 1.64 bits per heavy atom. The Morgan fingerprint density at radius 2 is 2.45 bits per heavy atom. The van der Waals surface area contributed by atoms with Crippen molar-refractivity contribution in [3.05, 3.63) is 23.5 Å². The molecule has 1 rings (SSSR count). The minimum Gasteiger partial charge on any atom is -0.358 e. The Bertz CT molecular complexity index is 359. The number of hydrogen-bond donors (Lipinski definition) is 1. The van der Waals surface area contributed by atoms with Gasteiger partial charge >= 0.3 is 0 Å². The molecule has 0 fully saturated rings. The molecule has 11 heavy (non-hydrogen) atoms. The molecule has 1 aromatic rings. The Morgan fingerprint density at radius 3 is 3.00 bits per heavy atom. The molecule has 0 aliphatic rings. The molecule has 3 heteroatoms. The van der Waals surface area contributed by atoms with Crippen LogP contribution in [0, 0.1) is 23.2 Å². The van der Waals surface area contributed by atoms with Gasteiger partial charge in [0.2, 0.25) is 0 Å². The van der Waals surface area contributed by atoms with E-state index in [1.807, 2.05) is 0 Å². The lowest BCUT2D eigenvalue weighted by molar-refractivity contribution is 0.111. The van der Waals surface area contributed by atoms with Gasteiger partial charge in [0.05, 0.1) is 5.69 Å². The van der Waals surface area contributed by atoms with Crippen molar-refractivity contribution in [3.63, 3.8) is 0 Å². The molecule has 1 N–H and O–H groups in total. The molecule has 0 radical (unpaired) electrons. The molecule has 0 atom stereocenters. The monoisotopic (exact) mass is 144 g/mol. The van der Waals surface area contributed by atoms with Crippen LogP contribution >= 0.6 is 0 Å². The maximum absolute atomic E-state index is 10.1. The summed E-state index contributed by atoms with van der Waals surface area (Å²) in [6.45, 7) is 0. The van der Waals surface area contributed by atoms with Gasteiger partial charge in [-0.15, -0.1) is 0 Å². The van der Waals surface area contributed by atoms with E-state index >= 15 is 0 Å². The average Bonchev–Trinajstić information content (AvgIpc) is 2.48. The first-order valence-electron chi connectivity index (χ1n) is 2.90. The second-order valence-electron chi connectivity index (χ2n) is 1.82. The fraction of sp³-hybridized carbons (Fsp3) is 0. The number of nitrogens with one attached hydrogen (secondary N) is 1. The summed E-state index contributed by atoms with van der Waals surface area (Å²) in [4.78, 5) is 12.8. The second-order valence-corrected chi connectivity index (χ2v) is 1.82. The molecule has 0 bridgehead atoms. The van der Waals surface area contributed by atoms with Gasteiger partial charge in [-0.3, -0.25) is 4.79 Å². The van der Waals surface area contributed by atoms with E-state index in [2.05, 4.69) is 16.8 Å². The number of carbonyl (C=O) groups is 1. The van der Waals surface area contributed by atoms with Crippen molar-refractivity contribution < 1.29 is 4.79 Å². The van der Waals surface area contributed by atoms with E-state index in [4.69, 9.17) is 5.26 Å². The van der Waals surface area contributed by atoms with E-state index in [0.29, 0.717) is 17.5 Å². The number of hydrogen-bond acceptors (Lipinski definition) is 2. The number of H-pyrrole nitrogens is 1. The van der Waals surface area contributed by atoms with Crippen LogP contribution in [0.2, 0.25) is 0 Å². The molecule has 0 aliphatic carbocycles. The van der Waals surface area contributed by atoms with Crippen LogP contribution in [0.4, 0.5) is 0 Å². The fourth-order valence-electron chi connectivity index (χ4n) is 0.652. The second kappa shape index (κ2) is 3.24. The summed E-state index contributed by atoms with van der Waals surface area (Å²) in [6.07, 6.45) is 2.27. The number of carbonyl (C=O) groups excluding carboxylic acids is 1. The average molecular weight is 144 g/mol. The van der Waals surface area contributed by atoms with E-state index in [9.17, 15) is 4.79 Å². The number of aromatic amines is 1. The minimum atomic E-state index is 0.465. The maximum atomic E-state index is 10.1. The molecule has 0 aliphatic heterocycles. The van der Waals surface area contributed by atoms with Crippen molar-refractivity contribution >= 4 is 6.29 Å². The molecular weight excluding hydrogens is 140 g/mol. The molecule has 0 saturated heterocycles. The largest absolute Gasteiger partial charge is 0.358 e. The van der Waals surface area contributed by atoms with Gasteiger partial charge in [-0.1, -0.05) is 0 Å². The number of aromatic nitrogens is 1. The van der Waals surface area contributed by atoms with Crippen molar-refractivity contribution in [2.75, 3.05) is 0 Å². The van der Waals surface area contributed by atoms with E-state index in [0.717, 1.165) is 0 Å². The van der Waals surface area contributed by atoms with Gasteiger partial charge in [0.25, 0.3) is 0 Å². The highest BCUT2D eigenvalue weighted by molar-refractivity contribution is 5.72. The summed E-state index contributed by atoms with van der Waals surface area (Å²) >= 11 is 0. The van der Waals surface area contributed by atoms with Crippen LogP contribution in [0.1, 0.15) is 16.1 Å². The van der Waals surface area contributed by atoms with Gasteiger partial charge in [0, 0.05) is 17.7 Å². The number of rotatable bonds is 1. The van der Waals surface area contributed by atoms with Crippen LogP contribution in [-0.4, -0.2) is 11.3 Å². The minimum absolute atomic E-state index is 0.465. The lowest BCUT2D eigenvalue weighted by Gasteiger charge is -1.71. The van der Waals surface area contributed by atoms with Gasteiger partial charge in [0.15, 0.2) is 12.4 Å². The topological polar surface area (TPSA) is 56.6 Å². The van der Waals surface area contributed by atoms with E-state index in [1.165, 1.54) is 0 Å². The Balaban J connectivity index is 2.91. The van der Waals surface area contributed by atoms with Crippen molar-refractivity contribution in [2.45, 2.75) is 0 Å². The van der Waals surface area contributed by atoms with Crippen molar-refractivity contribution in [2.24, 2.45) is 0 Å². The summed E-state index contributed by atoms with van der Waals surface area (Å²) in [7, 11) is 0. The molecule has 1 heterocycles. The zero-order valence-electron chi connectivity index (χ0n) is 5.59. The maximum Gasteiger partial charge on any atom is 0.166 e. The molecule has 0 amide bonds. The van der Waals surface area contributed by atoms with Gasteiger partial charge in [-0.25, -0.2) is 0 Å². The van der Waals surface area contributed by atoms with Crippen LogP contribution in [0.25, 0.3) is 0 Å².